The fourth-order valence-corrected chi connectivity index (χ4v) is 4.20. The maximum absolute atomic E-state index is 12.8. The fraction of sp³-hybridized carbons (Fsp3) is 0.765. The highest BCUT2D eigenvalue weighted by Gasteiger charge is 2.49. The lowest BCUT2D eigenvalue weighted by molar-refractivity contribution is -0.00289. The monoisotopic (exact) mass is 305 g/mol. The standard InChI is InChI=1S/C17H27N3O2/c1-4-9-19-10-7-14(18-19)16(21)20-11-8-17(2)12-13(22-3)5-6-15(17)20/h7,10,13,15H,4-6,8-9,11-12H2,1-3H3/t13-,15-,17+/m1/s1. The molecule has 1 aromatic heterocycles. The first-order valence-electron chi connectivity index (χ1n) is 8.44. The summed E-state index contributed by atoms with van der Waals surface area (Å²) in [4.78, 5) is 14.9. The molecule has 2 fully saturated rings. The average Bonchev–Trinajstić information content (AvgIpc) is 3.10. The molecule has 2 aliphatic rings. The second-order valence-electron chi connectivity index (χ2n) is 7.02. The second-order valence-corrected chi connectivity index (χ2v) is 7.02. The molecule has 0 unspecified atom stereocenters. The number of nitrogens with zero attached hydrogens (tertiary/aromatic N) is 3. The van der Waals surface area contributed by atoms with Crippen molar-refractivity contribution in [3.63, 3.8) is 0 Å². The lowest BCUT2D eigenvalue weighted by atomic mass is 9.71. The van der Waals surface area contributed by atoms with Crippen LogP contribution in [0.25, 0.3) is 0 Å². The summed E-state index contributed by atoms with van der Waals surface area (Å²) in [6, 6.07) is 2.19. The minimum atomic E-state index is 0.0967. The largest absolute Gasteiger partial charge is 0.381 e. The first kappa shape index (κ1) is 15.5. The van der Waals surface area contributed by atoms with Gasteiger partial charge in [-0.2, -0.15) is 5.10 Å². The van der Waals surface area contributed by atoms with Crippen molar-refractivity contribution >= 4 is 5.91 Å². The predicted molar refractivity (Wildman–Crippen MR) is 84.7 cm³/mol. The first-order chi connectivity index (χ1) is 10.6. The Morgan fingerprint density at radius 1 is 1.50 bits per heavy atom. The van der Waals surface area contributed by atoms with Gasteiger partial charge in [-0.1, -0.05) is 13.8 Å². The van der Waals surface area contributed by atoms with Gasteiger partial charge in [0.25, 0.3) is 5.91 Å². The lowest BCUT2D eigenvalue weighted by Crippen LogP contribution is -2.46. The molecule has 3 atom stereocenters. The first-order valence-corrected chi connectivity index (χ1v) is 8.44. The van der Waals surface area contributed by atoms with Crippen LogP contribution < -0.4 is 0 Å². The highest BCUT2D eigenvalue weighted by atomic mass is 16.5. The van der Waals surface area contributed by atoms with Crippen molar-refractivity contribution in [2.24, 2.45) is 5.41 Å². The van der Waals surface area contributed by atoms with Gasteiger partial charge in [-0.3, -0.25) is 9.48 Å². The van der Waals surface area contributed by atoms with Gasteiger partial charge in [0.1, 0.15) is 5.69 Å². The van der Waals surface area contributed by atoms with Gasteiger partial charge in [0, 0.05) is 32.4 Å². The molecule has 3 rings (SSSR count). The molecular weight excluding hydrogens is 278 g/mol. The van der Waals surface area contributed by atoms with Gasteiger partial charge >= 0.3 is 0 Å². The molecular formula is C17H27N3O2. The number of ether oxygens (including phenoxy) is 1. The Hall–Kier alpha value is -1.36. The summed E-state index contributed by atoms with van der Waals surface area (Å²) < 4.78 is 7.42. The Balaban J connectivity index is 1.74. The molecule has 1 saturated heterocycles. The highest BCUT2D eigenvalue weighted by molar-refractivity contribution is 5.92. The lowest BCUT2D eigenvalue weighted by Gasteiger charge is -2.42. The number of hydrogen-bond acceptors (Lipinski definition) is 3. The summed E-state index contributed by atoms with van der Waals surface area (Å²) in [5.74, 6) is 0.0967. The third-order valence-electron chi connectivity index (χ3n) is 5.47. The minimum absolute atomic E-state index is 0.0967. The van der Waals surface area contributed by atoms with Gasteiger partial charge in [0.2, 0.25) is 0 Å². The van der Waals surface area contributed by atoms with E-state index in [2.05, 4.69) is 23.8 Å². The molecule has 1 amide bonds. The molecule has 0 N–H and O–H groups in total. The van der Waals surface area contributed by atoms with E-state index >= 15 is 0 Å². The molecule has 122 valence electrons. The van der Waals surface area contributed by atoms with Crippen molar-refractivity contribution in [3.05, 3.63) is 18.0 Å². The topological polar surface area (TPSA) is 47.4 Å². The summed E-state index contributed by atoms with van der Waals surface area (Å²) >= 11 is 0. The number of aryl methyl sites for hydroxylation is 1. The summed E-state index contributed by atoms with van der Waals surface area (Å²) in [5, 5.41) is 4.44. The smallest absolute Gasteiger partial charge is 0.274 e. The third-order valence-corrected chi connectivity index (χ3v) is 5.47. The zero-order valence-electron chi connectivity index (χ0n) is 13.9. The van der Waals surface area contributed by atoms with Gasteiger partial charge in [0.15, 0.2) is 0 Å². The number of carbonyl (C=O) groups is 1. The van der Waals surface area contributed by atoms with Crippen molar-refractivity contribution in [2.75, 3.05) is 13.7 Å². The number of likely N-dealkylation sites (tertiary alicyclic amines) is 1. The Labute approximate surface area is 132 Å². The van der Waals surface area contributed by atoms with Crippen LogP contribution in [0.5, 0.6) is 0 Å². The van der Waals surface area contributed by atoms with Gasteiger partial charge in [-0.25, -0.2) is 0 Å². The van der Waals surface area contributed by atoms with E-state index in [1.54, 1.807) is 7.11 Å². The van der Waals surface area contributed by atoms with Crippen molar-refractivity contribution in [1.82, 2.24) is 14.7 Å². The molecule has 2 heterocycles. The van der Waals surface area contributed by atoms with E-state index in [9.17, 15) is 4.79 Å². The van der Waals surface area contributed by atoms with E-state index in [0.29, 0.717) is 17.8 Å². The van der Waals surface area contributed by atoms with Crippen LogP contribution in [0.4, 0.5) is 0 Å². The molecule has 0 aromatic carbocycles. The van der Waals surface area contributed by atoms with Crippen molar-refractivity contribution in [1.29, 1.82) is 0 Å². The third kappa shape index (κ3) is 2.67. The minimum Gasteiger partial charge on any atom is -0.381 e. The number of amides is 1. The molecule has 5 nitrogen and oxygen atoms in total. The zero-order valence-corrected chi connectivity index (χ0v) is 13.9. The van der Waals surface area contributed by atoms with Gasteiger partial charge in [-0.15, -0.1) is 0 Å². The summed E-state index contributed by atoms with van der Waals surface area (Å²) in [6.45, 7) is 6.14. The fourth-order valence-electron chi connectivity index (χ4n) is 4.20. The molecule has 1 aliphatic carbocycles. The van der Waals surface area contributed by atoms with Crippen LogP contribution in [0, 0.1) is 5.41 Å². The van der Waals surface area contributed by atoms with E-state index in [0.717, 1.165) is 45.2 Å². The van der Waals surface area contributed by atoms with Gasteiger partial charge in [-0.05, 0) is 43.6 Å². The van der Waals surface area contributed by atoms with Crippen molar-refractivity contribution in [3.8, 4) is 0 Å². The van der Waals surface area contributed by atoms with E-state index in [4.69, 9.17) is 4.74 Å². The van der Waals surface area contributed by atoms with Crippen LogP contribution >= 0.6 is 0 Å². The summed E-state index contributed by atoms with van der Waals surface area (Å²) in [7, 11) is 1.80. The van der Waals surface area contributed by atoms with E-state index in [1.807, 2.05) is 16.9 Å². The highest BCUT2D eigenvalue weighted by Crippen LogP contribution is 2.47. The Morgan fingerprint density at radius 3 is 3.05 bits per heavy atom. The molecule has 1 aliphatic heterocycles. The molecule has 1 aromatic rings. The van der Waals surface area contributed by atoms with Gasteiger partial charge in [0.05, 0.1) is 6.10 Å². The average molecular weight is 305 g/mol. The Morgan fingerprint density at radius 2 is 2.32 bits per heavy atom. The quantitative estimate of drug-likeness (QED) is 0.859. The Kier molecular flexibility index (Phi) is 4.26. The normalized spacial score (nSPS) is 31.3. The number of fused-ring (bicyclic) bond motifs is 1. The second kappa shape index (κ2) is 6.03. The molecule has 1 saturated carbocycles. The SMILES string of the molecule is CCCn1ccc(C(=O)N2CC[C@@]3(C)C[C@H](OC)CC[C@@H]23)n1. The Bertz CT molecular complexity index is 542. The molecule has 0 radical (unpaired) electrons. The number of carbonyl (C=O) groups excluding carboxylic acids is 1. The number of aromatic nitrogens is 2. The molecule has 22 heavy (non-hydrogen) atoms. The number of rotatable bonds is 4. The van der Waals surface area contributed by atoms with Crippen molar-refractivity contribution in [2.45, 2.75) is 64.6 Å². The van der Waals surface area contributed by atoms with Crippen LogP contribution in [0.2, 0.25) is 0 Å². The van der Waals surface area contributed by atoms with Crippen LogP contribution in [0.15, 0.2) is 12.3 Å². The van der Waals surface area contributed by atoms with Crippen LogP contribution in [0.1, 0.15) is 56.4 Å². The number of hydrogen-bond donors (Lipinski definition) is 0. The van der Waals surface area contributed by atoms with Gasteiger partial charge < -0.3 is 9.64 Å². The van der Waals surface area contributed by atoms with Crippen LogP contribution in [-0.2, 0) is 11.3 Å². The maximum atomic E-state index is 12.8. The maximum Gasteiger partial charge on any atom is 0.274 e. The van der Waals surface area contributed by atoms with Crippen molar-refractivity contribution < 1.29 is 9.53 Å². The summed E-state index contributed by atoms with van der Waals surface area (Å²) in [6.07, 6.45) is 7.49. The van der Waals surface area contributed by atoms with E-state index in [-0.39, 0.29) is 11.3 Å². The van der Waals surface area contributed by atoms with E-state index in [1.165, 1.54) is 0 Å². The van der Waals surface area contributed by atoms with E-state index < -0.39 is 0 Å². The van der Waals surface area contributed by atoms with Crippen LogP contribution in [0.3, 0.4) is 0 Å². The molecule has 0 bridgehead atoms. The molecule has 0 spiro atoms. The predicted octanol–water partition coefficient (Wildman–Crippen LogP) is 2.71. The zero-order chi connectivity index (χ0) is 15.7. The number of methoxy groups -OCH3 is 1. The van der Waals surface area contributed by atoms with Crippen LogP contribution in [-0.4, -0.2) is 46.4 Å². The summed E-state index contributed by atoms with van der Waals surface area (Å²) in [5.41, 5.74) is 0.784. The molecule has 5 heteroatoms.